The number of hydrogen-bond donors (Lipinski definition) is 0. The van der Waals surface area contributed by atoms with Crippen molar-refractivity contribution in [2.24, 2.45) is 9.50 Å². The first-order valence-corrected chi connectivity index (χ1v) is 12.5. The molecule has 0 N–H and O–H groups in total. The van der Waals surface area contributed by atoms with Gasteiger partial charge in [0.1, 0.15) is 0 Å². The molecule has 1 unspecified atom stereocenters. The summed E-state index contributed by atoms with van der Waals surface area (Å²) in [5.74, 6) is -0.0987. The lowest BCUT2D eigenvalue weighted by atomic mass is 9.91. The van der Waals surface area contributed by atoms with Gasteiger partial charge in [-0.05, 0) is 47.5 Å². The van der Waals surface area contributed by atoms with Crippen LogP contribution in [0.25, 0.3) is 0 Å². The Morgan fingerprint density at radius 2 is 1.59 bits per heavy atom. The van der Waals surface area contributed by atoms with Crippen LogP contribution in [0.15, 0.2) is 93.3 Å². The zero-order valence-electron chi connectivity index (χ0n) is 18.5. The van der Waals surface area contributed by atoms with Gasteiger partial charge in [-0.25, -0.2) is 10.1 Å². The fraction of sp³-hybridized carbons (Fsp3) is 0.167. The number of hydrazone groups is 1. The van der Waals surface area contributed by atoms with Gasteiger partial charge in [0.25, 0.3) is 16.0 Å². The highest BCUT2D eigenvalue weighted by Crippen LogP contribution is 2.30. The van der Waals surface area contributed by atoms with Gasteiger partial charge < -0.3 is 0 Å². The molecule has 0 aliphatic carbocycles. The molecule has 34 heavy (non-hydrogen) atoms. The summed E-state index contributed by atoms with van der Waals surface area (Å²) in [4.78, 5) is 5.33. The first-order chi connectivity index (χ1) is 16.3. The van der Waals surface area contributed by atoms with Crippen LogP contribution in [-0.2, 0) is 14.9 Å². The molecule has 0 radical (unpaired) electrons. The fourth-order valence-corrected chi connectivity index (χ4v) is 4.83. The van der Waals surface area contributed by atoms with E-state index in [0.717, 1.165) is 16.8 Å². The molecule has 10 heteroatoms. The SMILES string of the molecule is CON(C)/C(=N\S(=O)(=O)c1ccc(Cl)cc1)N1CC(c2ccccc2)C(c2ccc(Cl)cc2)=N1. The van der Waals surface area contributed by atoms with Crippen molar-refractivity contribution in [2.45, 2.75) is 10.8 Å². The summed E-state index contributed by atoms with van der Waals surface area (Å²) in [7, 11) is -1.06. The lowest BCUT2D eigenvalue weighted by molar-refractivity contribution is -0.0523. The van der Waals surface area contributed by atoms with E-state index in [-0.39, 0.29) is 16.8 Å². The molecule has 7 nitrogen and oxygen atoms in total. The number of hydrogen-bond acceptors (Lipinski definition) is 4. The van der Waals surface area contributed by atoms with Crippen LogP contribution in [0.3, 0.4) is 0 Å². The summed E-state index contributed by atoms with van der Waals surface area (Å²) in [5.41, 5.74) is 2.68. The van der Waals surface area contributed by atoms with E-state index < -0.39 is 10.0 Å². The number of hydroxylamine groups is 2. The van der Waals surface area contributed by atoms with Crippen LogP contribution in [0.5, 0.6) is 0 Å². The van der Waals surface area contributed by atoms with Gasteiger partial charge in [-0.1, -0.05) is 65.7 Å². The highest BCUT2D eigenvalue weighted by molar-refractivity contribution is 7.90. The second-order valence-electron chi connectivity index (χ2n) is 7.54. The van der Waals surface area contributed by atoms with E-state index in [1.54, 1.807) is 24.2 Å². The van der Waals surface area contributed by atoms with Crippen molar-refractivity contribution in [3.05, 3.63) is 100 Å². The molecule has 0 fully saturated rings. The molecule has 4 rings (SSSR count). The number of sulfonamides is 1. The third-order valence-electron chi connectivity index (χ3n) is 5.36. The van der Waals surface area contributed by atoms with E-state index in [9.17, 15) is 8.42 Å². The molecule has 0 amide bonds. The van der Waals surface area contributed by atoms with Gasteiger partial charge in [-0.2, -0.15) is 13.5 Å². The van der Waals surface area contributed by atoms with Gasteiger partial charge in [0.15, 0.2) is 0 Å². The zero-order chi connectivity index (χ0) is 24.3. The molecule has 0 aromatic heterocycles. The van der Waals surface area contributed by atoms with E-state index in [2.05, 4.69) is 4.40 Å². The van der Waals surface area contributed by atoms with Crippen molar-refractivity contribution in [1.29, 1.82) is 0 Å². The fourth-order valence-electron chi connectivity index (χ4n) is 3.57. The number of guanidine groups is 1. The monoisotopic (exact) mass is 516 g/mol. The summed E-state index contributed by atoms with van der Waals surface area (Å²) in [6, 6.07) is 23.1. The third kappa shape index (κ3) is 5.26. The smallest absolute Gasteiger partial charge is 0.274 e. The van der Waals surface area contributed by atoms with Crippen molar-refractivity contribution < 1.29 is 13.3 Å². The van der Waals surface area contributed by atoms with E-state index in [4.69, 9.17) is 33.1 Å². The molecule has 1 aliphatic heterocycles. The molecule has 0 bridgehead atoms. The van der Waals surface area contributed by atoms with E-state index in [0.29, 0.717) is 16.6 Å². The molecule has 0 saturated heterocycles. The summed E-state index contributed by atoms with van der Waals surface area (Å²) < 4.78 is 30.2. The summed E-state index contributed by atoms with van der Waals surface area (Å²) >= 11 is 12.0. The van der Waals surface area contributed by atoms with Crippen LogP contribution < -0.4 is 0 Å². The lowest BCUT2D eigenvalue weighted by Crippen LogP contribution is -2.39. The lowest BCUT2D eigenvalue weighted by Gasteiger charge is -2.24. The van der Waals surface area contributed by atoms with Gasteiger partial charge >= 0.3 is 0 Å². The Morgan fingerprint density at radius 3 is 2.18 bits per heavy atom. The van der Waals surface area contributed by atoms with Crippen molar-refractivity contribution in [3.63, 3.8) is 0 Å². The largest absolute Gasteiger partial charge is 0.285 e. The maximum Gasteiger partial charge on any atom is 0.285 e. The Morgan fingerprint density at radius 1 is 1.00 bits per heavy atom. The molecular weight excluding hydrogens is 495 g/mol. The predicted octanol–water partition coefficient (Wildman–Crippen LogP) is 5.04. The second kappa shape index (κ2) is 10.1. The van der Waals surface area contributed by atoms with Crippen LogP contribution >= 0.6 is 23.2 Å². The Hall–Kier alpha value is -2.91. The van der Waals surface area contributed by atoms with Gasteiger partial charge in [0.2, 0.25) is 0 Å². The number of nitrogens with zero attached hydrogens (tertiary/aromatic N) is 4. The summed E-state index contributed by atoms with van der Waals surface area (Å²) in [6.07, 6.45) is 0. The normalized spacial score (nSPS) is 16.5. The van der Waals surface area contributed by atoms with E-state index in [1.165, 1.54) is 36.4 Å². The maximum absolute atomic E-state index is 13.1. The molecule has 176 valence electrons. The molecular formula is C24H22Cl2N4O3S. The van der Waals surface area contributed by atoms with Crippen molar-refractivity contribution in [3.8, 4) is 0 Å². The van der Waals surface area contributed by atoms with Gasteiger partial charge in [-0.15, -0.1) is 4.40 Å². The average molecular weight is 517 g/mol. The molecule has 3 aromatic carbocycles. The van der Waals surface area contributed by atoms with Crippen LogP contribution in [-0.4, -0.2) is 50.9 Å². The molecule has 0 spiro atoms. The van der Waals surface area contributed by atoms with Crippen molar-refractivity contribution in [2.75, 3.05) is 20.7 Å². The highest BCUT2D eigenvalue weighted by atomic mass is 35.5. The van der Waals surface area contributed by atoms with Crippen LogP contribution in [0.4, 0.5) is 0 Å². The van der Waals surface area contributed by atoms with Crippen LogP contribution in [0.2, 0.25) is 10.0 Å². The average Bonchev–Trinajstić information content (AvgIpc) is 3.28. The number of benzene rings is 3. The van der Waals surface area contributed by atoms with Crippen LogP contribution in [0, 0.1) is 0 Å². The third-order valence-corrected chi connectivity index (χ3v) is 7.13. The quantitative estimate of drug-likeness (QED) is 0.270. The molecule has 3 aromatic rings. The molecule has 0 saturated carbocycles. The Bertz CT molecular complexity index is 1310. The Kier molecular flexibility index (Phi) is 7.23. The first kappa shape index (κ1) is 24.2. The predicted molar refractivity (Wildman–Crippen MR) is 135 cm³/mol. The summed E-state index contributed by atoms with van der Waals surface area (Å²) in [5, 5.41) is 8.63. The van der Waals surface area contributed by atoms with Crippen LogP contribution in [0.1, 0.15) is 17.0 Å². The zero-order valence-corrected chi connectivity index (χ0v) is 20.8. The van der Waals surface area contributed by atoms with Crippen molar-refractivity contribution >= 4 is 44.9 Å². The van der Waals surface area contributed by atoms with E-state index in [1.807, 2.05) is 42.5 Å². The standard InChI is InChI=1S/C24H22Cl2N4O3S/c1-29(33-2)24(28-34(31,32)21-14-12-20(26)13-15-21)30-16-22(17-6-4-3-5-7-17)23(27-30)18-8-10-19(25)11-9-18/h3-15,22H,16H2,1-2H3/b28-24+. The van der Waals surface area contributed by atoms with Gasteiger partial charge in [-0.3, -0.25) is 4.84 Å². The molecule has 1 atom stereocenters. The highest BCUT2D eigenvalue weighted by Gasteiger charge is 2.34. The Balaban J connectivity index is 1.79. The number of rotatable bonds is 5. The Labute approximate surface area is 208 Å². The van der Waals surface area contributed by atoms with Gasteiger partial charge in [0, 0.05) is 23.0 Å². The molecule has 1 aliphatic rings. The topological polar surface area (TPSA) is 74.6 Å². The minimum absolute atomic E-state index is 0.0135. The first-order valence-electron chi connectivity index (χ1n) is 10.3. The van der Waals surface area contributed by atoms with Gasteiger partial charge in [0.05, 0.1) is 24.3 Å². The number of halogens is 2. The summed E-state index contributed by atoms with van der Waals surface area (Å²) in [6.45, 7) is 0.366. The van der Waals surface area contributed by atoms with Crippen molar-refractivity contribution in [1.82, 2.24) is 10.1 Å². The maximum atomic E-state index is 13.1. The second-order valence-corrected chi connectivity index (χ2v) is 10.0. The molecule has 1 heterocycles. The minimum atomic E-state index is -4.06. The van der Waals surface area contributed by atoms with E-state index >= 15 is 0 Å². The minimum Gasteiger partial charge on any atom is -0.274 e.